The molecule has 0 saturated carbocycles. The zero-order chi connectivity index (χ0) is 15.1. The van der Waals surface area contributed by atoms with Gasteiger partial charge in [0.2, 0.25) is 5.91 Å². The number of carbonyl (C=O) groups excluding carboxylic acids is 1. The van der Waals surface area contributed by atoms with E-state index in [0.29, 0.717) is 5.70 Å². The molecule has 0 aliphatic rings. The summed E-state index contributed by atoms with van der Waals surface area (Å²) in [5.74, 6) is -1.76. The van der Waals surface area contributed by atoms with Crippen molar-refractivity contribution in [1.82, 2.24) is 5.32 Å². The summed E-state index contributed by atoms with van der Waals surface area (Å²) in [5, 5.41) is 2.68. The van der Waals surface area contributed by atoms with Crippen LogP contribution in [0.15, 0.2) is 54.3 Å². The van der Waals surface area contributed by atoms with E-state index in [9.17, 15) is 13.6 Å². The topological polar surface area (TPSA) is 29.1 Å². The molecular formula is C16H17F2NO. The van der Waals surface area contributed by atoms with Crippen molar-refractivity contribution in [2.45, 2.75) is 20.3 Å². The molecule has 1 rings (SSSR count). The van der Waals surface area contributed by atoms with Crippen LogP contribution >= 0.6 is 0 Å². The SMILES string of the molecule is C=C/C=C(NC(=O)Cc1ccc(F)cc1F)\C(C)=C/C. The molecule has 0 unspecified atom stereocenters. The highest BCUT2D eigenvalue weighted by molar-refractivity contribution is 5.81. The quantitative estimate of drug-likeness (QED) is 0.818. The lowest BCUT2D eigenvalue weighted by molar-refractivity contribution is -0.119. The largest absolute Gasteiger partial charge is 0.326 e. The average Bonchev–Trinajstić information content (AvgIpc) is 2.40. The molecule has 0 radical (unpaired) electrons. The second-order valence-corrected chi connectivity index (χ2v) is 4.25. The molecule has 0 spiro atoms. The van der Waals surface area contributed by atoms with Gasteiger partial charge in [-0.1, -0.05) is 24.8 Å². The fraction of sp³-hybridized carbons (Fsp3) is 0.188. The summed E-state index contributed by atoms with van der Waals surface area (Å²) in [6.07, 6.45) is 4.90. The van der Waals surface area contributed by atoms with Crippen molar-refractivity contribution in [1.29, 1.82) is 0 Å². The van der Waals surface area contributed by atoms with Crippen LogP contribution in [0, 0.1) is 11.6 Å². The van der Waals surface area contributed by atoms with E-state index in [1.807, 2.05) is 19.9 Å². The van der Waals surface area contributed by atoms with Crippen LogP contribution in [0.2, 0.25) is 0 Å². The fourth-order valence-electron chi connectivity index (χ4n) is 1.58. The summed E-state index contributed by atoms with van der Waals surface area (Å²) in [5.41, 5.74) is 1.63. The molecule has 0 aromatic heterocycles. The Labute approximate surface area is 117 Å². The molecular weight excluding hydrogens is 260 g/mol. The van der Waals surface area contributed by atoms with Crippen LogP contribution in [0.25, 0.3) is 0 Å². The molecule has 0 saturated heterocycles. The van der Waals surface area contributed by atoms with Crippen molar-refractivity contribution in [2.24, 2.45) is 0 Å². The molecule has 0 aliphatic heterocycles. The Kier molecular flexibility index (Phi) is 5.84. The molecule has 1 aromatic rings. The molecule has 1 amide bonds. The standard InChI is InChI=1S/C16H17F2NO/c1-4-6-15(11(3)5-2)19-16(20)9-12-7-8-13(17)10-14(12)18/h4-8,10H,1,9H2,2-3H3,(H,19,20)/b11-5-,15-6+. The fourth-order valence-corrected chi connectivity index (χ4v) is 1.58. The molecule has 0 atom stereocenters. The summed E-state index contributed by atoms with van der Waals surface area (Å²) in [6.45, 7) is 7.26. The predicted octanol–water partition coefficient (Wildman–Crippen LogP) is 3.66. The van der Waals surface area contributed by atoms with Gasteiger partial charge in [-0.2, -0.15) is 0 Å². The van der Waals surface area contributed by atoms with Crippen molar-refractivity contribution in [2.75, 3.05) is 0 Å². The van der Waals surface area contributed by atoms with Gasteiger partial charge in [0.15, 0.2) is 0 Å². The maximum absolute atomic E-state index is 13.5. The molecule has 106 valence electrons. The summed E-state index contributed by atoms with van der Waals surface area (Å²) >= 11 is 0. The molecule has 4 heteroatoms. The van der Waals surface area contributed by atoms with E-state index in [0.717, 1.165) is 17.7 Å². The predicted molar refractivity (Wildman–Crippen MR) is 75.9 cm³/mol. The van der Waals surface area contributed by atoms with Gasteiger partial charge >= 0.3 is 0 Å². The zero-order valence-corrected chi connectivity index (χ0v) is 11.5. The number of hydrogen-bond donors (Lipinski definition) is 1. The Morgan fingerprint density at radius 1 is 1.40 bits per heavy atom. The van der Waals surface area contributed by atoms with Gasteiger partial charge in [0.1, 0.15) is 11.6 Å². The highest BCUT2D eigenvalue weighted by Crippen LogP contribution is 2.11. The van der Waals surface area contributed by atoms with Crippen LogP contribution in [-0.2, 0) is 11.2 Å². The van der Waals surface area contributed by atoms with E-state index < -0.39 is 11.6 Å². The summed E-state index contributed by atoms with van der Waals surface area (Å²) in [7, 11) is 0. The number of benzene rings is 1. The first-order valence-electron chi connectivity index (χ1n) is 6.17. The van der Waals surface area contributed by atoms with Gasteiger partial charge in [0, 0.05) is 11.8 Å². The Morgan fingerprint density at radius 3 is 2.65 bits per heavy atom. The molecule has 1 aromatic carbocycles. The second kappa shape index (κ2) is 7.38. The van der Waals surface area contributed by atoms with Crippen LogP contribution in [0.3, 0.4) is 0 Å². The number of carbonyl (C=O) groups is 1. The Bertz CT molecular complexity index is 574. The smallest absolute Gasteiger partial charge is 0.228 e. The first kappa shape index (κ1) is 15.8. The highest BCUT2D eigenvalue weighted by atomic mass is 19.1. The van der Waals surface area contributed by atoms with Gasteiger partial charge in [-0.15, -0.1) is 0 Å². The molecule has 2 nitrogen and oxygen atoms in total. The lowest BCUT2D eigenvalue weighted by atomic mass is 10.1. The van der Waals surface area contributed by atoms with Crippen LogP contribution in [0.1, 0.15) is 19.4 Å². The van der Waals surface area contributed by atoms with E-state index in [-0.39, 0.29) is 17.9 Å². The van der Waals surface area contributed by atoms with Crippen LogP contribution in [0.5, 0.6) is 0 Å². The third kappa shape index (κ3) is 4.46. The minimum atomic E-state index is -0.725. The van der Waals surface area contributed by atoms with Crippen molar-refractivity contribution in [3.05, 3.63) is 71.5 Å². The summed E-state index contributed by atoms with van der Waals surface area (Å²) in [4.78, 5) is 11.9. The lowest BCUT2D eigenvalue weighted by Crippen LogP contribution is -2.25. The zero-order valence-electron chi connectivity index (χ0n) is 11.5. The monoisotopic (exact) mass is 277 g/mol. The van der Waals surface area contributed by atoms with Gasteiger partial charge in [0.05, 0.1) is 6.42 Å². The number of nitrogens with one attached hydrogen (secondary N) is 1. The number of hydrogen-bond acceptors (Lipinski definition) is 1. The molecule has 20 heavy (non-hydrogen) atoms. The van der Waals surface area contributed by atoms with Crippen molar-refractivity contribution in [3.63, 3.8) is 0 Å². The van der Waals surface area contributed by atoms with E-state index >= 15 is 0 Å². The van der Waals surface area contributed by atoms with Crippen molar-refractivity contribution < 1.29 is 13.6 Å². The third-order valence-corrected chi connectivity index (χ3v) is 2.78. The first-order chi connectivity index (χ1) is 9.47. The normalized spacial score (nSPS) is 12.2. The Hall–Kier alpha value is -2.23. The van der Waals surface area contributed by atoms with Crippen LogP contribution < -0.4 is 5.32 Å². The van der Waals surface area contributed by atoms with Crippen LogP contribution in [-0.4, -0.2) is 5.91 Å². The van der Waals surface area contributed by atoms with Gasteiger partial charge in [-0.25, -0.2) is 8.78 Å². The van der Waals surface area contributed by atoms with E-state index in [1.54, 1.807) is 12.2 Å². The number of allylic oxidation sites excluding steroid dienone is 4. The Morgan fingerprint density at radius 2 is 2.10 bits per heavy atom. The molecule has 0 heterocycles. The van der Waals surface area contributed by atoms with E-state index in [2.05, 4.69) is 11.9 Å². The van der Waals surface area contributed by atoms with Gasteiger partial charge < -0.3 is 5.32 Å². The summed E-state index contributed by atoms with van der Waals surface area (Å²) in [6, 6.07) is 3.16. The highest BCUT2D eigenvalue weighted by Gasteiger charge is 2.10. The molecule has 0 aliphatic carbocycles. The van der Waals surface area contributed by atoms with E-state index in [4.69, 9.17) is 0 Å². The summed E-state index contributed by atoms with van der Waals surface area (Å²) < 4.78 is 26.2. The van der Waals surface area contributed by atoms with E-state index in [1.165, 1.54) is 6.07 Å². The number of rotatable bonds is 5. The molecule has 0 bridgehead atoms. The minimum Gasteiger partial charge on any atom is -0.326 e. The second-order valence-electron chi connectivity index (χ2n) is 4.25. The van der Waals surface area contributed by atoms with Crippen molar-refractivity contribution >= 4 is 5.91 Å². The maximum atomic E-state index is 13.5. The van der Waals surface area contributed by atoms with Gasteiger partial charge in [-0.3, -0.25) is 4.79 Å². The minimum absolute atomic E-state index is 0.153. The number of amides is 1. The van der Waals surface area contributed by atoms with Crippen LogP contribution in [0.4, 0.5) is 8.78 Å². The number of halogens is 2. The molecule has 1 N–H and O–H groups in total. The third-order valence-electron chi connectivity index (χ3n) is 2.78. The lowest BCUT2D eigenvalue weighted by Gasteiger charge is -2.10. The maximum Gasteiger partial charge on any atom is 0.228 e. The van der Waals surface area contributed by atoms with Crippen molar-refractivity contribution in [3.8, 4) is 0 Å². The molecule has 0 fully saturated rings. The first-order valence-corrected chi connectivity index (χ1v) is 6.17. The Balaban J connectivity index is 2.81. The van der Waals surface area contributed by atoms with Gasteiger partial charge in [-0.05, 0) is 37.1 Å². The van der Waals surface area contributed by atoms with Gasteiger partial charge in [0.25, 0.3) is 0 Å². The average molecular weight is 277 g/mol.